The van der Waals surface area contributed by atoms with Crippen molar-refractivity contribution in [2.24, 2.45) is 0 Å². The molecule has 0 amide bonds. The molecule has 0 aliphatic rings. The van der Waals surface area contributed by atoms with Crippen LogP contribution in [0, 0.1) is 0 Å². The molecule has 0 aliphatic carbocycles. The minimum atomic E-state index is -3.44. The number of para-hydroxylation sites is 2. The van der Waals surface area contributed by atoms with Gasteiger partial charge in [-0.05, 0) is 40.2 Å². The van der Waals surface area contributed by atoms with E-state index in [1.807, 2.05) is 0 Å². The fourth-order valence-corrected chi connectivity index (χ4v) is 3.42. The summed E-state index contributed by atoms with van der Waals surface area (Å²) in [4.78, 5) is 8.75. The largest absolute Gasteiger partial charge is 0.497 e. The van der Waals surface area contributed by atoms with E-state index in [1.54, 1.807) is 62.9 Å². The molecule has 2 aromatic carbocycles. The van der Waals surface area contributed by atoms with Crippen LogP contribution in [-0.2, 0) is 10.0 Å². The van der Waals surface area contributed by atoms with Crippen molar-refractivity contribution in [1.29, 1.82) is 0 Å². The molecular formula is C19H20BrN5O4S. The number of halogens is 1. The van der Waals surface area contributed by atoms with Crippen LogP contribution in [0.25, 0.3) is 0 Å². The van der Waals surface area contributed by atoms with Gasteiger partial charge in [-0.25, -0.2) is 13.4 Å². The third-order valence-corrected chi connectivity index (χ3v) is 5.04. The summed E-state index contributed by atoms with van der Waals surface area (Å²) in [6, 6.07) is 12.2. The van der Waals surface area contributed by atoms with Crippen molar-refractivity contribution in [2.75, 3.05) is 35.8 Å². The normalized spacial score (nSPS) is 10.9. The Balaban J connectivity index is 1.91. The molecule has 3 N–H and O–H groups in total. The molecule has 3 aromatic rings. The summed E-state index contributed by atoms with van der Waals surface area (Å²) in [6.07, 6.45) is 2.67. The minimum absolute atomic E-state index is 0.306. The number of anilines is 5. The Morgan fingerprint density at radius 3 is 2.37 bits per heavy atom. The fourth-order valence-electron chi connectivity index (χ4n) is 2.56. The number of hydrogen-bond acceptors (Lipinski definition) is 8. The molecule has 3 rings (SSSR count). The molecule has 0 saturated heterocycles. The average molecular weight is 494 g/mol. The van der Waals surface area contributed by atoms with Crippen molar-refractivity contribution in [3.63, 3.8) is 0 Å². The number of hydrogen-bond donors (Lipinski definition) is 3. The second-order valence-electron chi connectivity index (χ2n) is 6.13. The first kappa shape index (κ1) is 21.7. The third kappa shape index (κ3) is 5.51. The quantitative estimate of drug-likeness (QED) is 0.429. The number of nitrogens with one attached hydrogen (secondary N) is 3. The molecule has 11 heteroatoms. The number of sulfonamides is 1. The molecular weight excluding hydrogens is 474 g/mol. The lowest BCUT2D eigenvalue weighted by atomic mass is 10.2. The lowest BCUT2D eigenvalue weighted by Crippen LogP contribution is -2.11. The fraction of sp³-hybridized carbons (Fsp3) is 0.158. The predicted octanol–water partition coefficient (Wildman–Crippen LogP) is 4.12. The Morgan fingerprint density at radius 1 is 0.967 bits per heavy atom. The Morgan fingerprint density at radius 2 is 1.70 bits per heavy atom. The van der Waals surface area contributed by atoms with Crippen molar-refractivity contribution in [2.45, 2.75) is 0 Å². The number of ether oxygens (including phenoxy) is 2. The third-order valence-electron chi connectivity index (χ3n) is 3.87. The first-order valence-corrected chi connectivity index (χ1v) is 11.3. The van der Waals surface area contributed by atoms with Crippen LogP contribution in [0.4, 0.5) is 28.8 Å². The van der Waals surface area contributed by atoms with Crippen molar-refractivity contribution >= 4 is 54.8 Å². The zero-order valence-electron chi connectivity index (χ0n) is 16.4. The van der Waals surface area contributed by atoms with Gasteiger partial charge < -0.3 is 20.1 Å². The van der Waals surface area contributed by atoms with Gasteiger partial charge in [0, 0.05) is 12.3 Å². The van der Waals surface area contributed by atoms with E-state index in [9.17, 15) is 8.42 Å². The summed E-state index contributed by atoms with van der Waals surface area (Å²) in [6.45, 7) is 0. The van der Waals surface area contributed by atoms with Crippen LogP contribution in [0.3, 0.4) is 0 Å². The summed E-state index contributed by atoms with van der Waals surface area (Å²) >= 11 is 3.41. The van der Waals surface area contributed by atoms with Crippen LogP contribution < -0.4 is 24.8 Å². The van der Waals surface area contributed by atoms with Crippen LogP contribution in [0.1, 0.15) is 0 Å². The number of rotatable bonds is 8. The van der Waals surface area contributed by atoms with Gasteiger partial charge in [0.05, 0.1) is 42.0 Å². The highest BCUT2D eigenvalue weighted by molar-refractivity contribution is 9.10. The summed E-state index contributed by atoms with van der Waals surface area (Å²) in [7, 11) is -0.299. The van der Waals surface area contributed by atoms with E-state index in [1.165, 1.54) is 0 Å². The highest BCUT2D eigenvalue weighted by atomic mass is 79.9. The van der Waals surface area contributed by atoms with E-state index in [-0.39, 0.29) is 0 Å². The molecule has 0 saturated carbocycles. The van der Waals surface area contributed by atoms with Crippen molar-refractivity contribution in [3.05, 3.63) is 53.1 Å². The lowest BCUT2D eigenvalue weighted by molar-refractivity contribution is 0.405. The number of methoxy groups -OCH3 is 2. The van der Waals surface area contributed by atoms with Gasteiger partial charge in [-0.2, -0.15) is 4.98 Å². The first-order chi connectivity index (χ1) is 14.3. The minimum Gasteiger partial charge on any atom is -0.497 e. The van der Waals surface area contributed by atoms with Crippen molar-refractivity contribution in [1.82, 2.24) is 9.97 Å². The van der Waals surface area contributed by atoms with Gasteiger partial charge >= 0.3 is 0 Å². The van der Waals surface area contributed by atoms with E-state index in [0.717, 1.165) is 6.26 Å². The zero-order valence-corrected chi connectivity index (χ0v) is 18.8. The summed E-state index contributed by atoms with van der Waals surface area (Å²) in [5.74, 6) is 1.99. The molecule has 158 valence electrons. The van der Waals surface area contributed by atoms with Crippen LogP contribution in [-0.4, -0.2) is 38.9 Å². The van der Waals surface area contributed by atoms with Gasteiger partial charge in [0.25, 0.3) is 0 Å². The molecule has 1 heterocycles. The summed E-state index contributed by atoms with van der Waals surface area (Å²) in [5, 5.41) is 6.22. The number of nitrogens with zero attached hydrogens (tertiary/aromatic N) is 2. The molecule has 30 heavy (non-hydrogen) atoms. The maximum absolute atomic E-state index is 11.6. The van der Waals surface area contributed by atoms with Gasteiger partial charge in [0.2, 0.25) is 16.0 Å². The van der Waals surface area contributed by atoms with E-state index in [4.69, 9.17) is 9.47 Å². The Labute approximate surface area is 183 Å². The molecule has 0 fully saturated rings. The Hall–Kier alpha value is -3.05. The molecule has 0 aliphatic heterocycles. The Bertz CT molecular complexity index is 1160. The van der Waals surface area contributed by atoms with E-state index < -0.39 is 10.0 Å². The van der Waals surface area contributed by atoms with Gasteiger partial charge in [-0.15, -0.1) is 0 Å². The first-order valence-electron chi connectivity index (χ1n) is 8.64. The Kier molecular flexibility index (Phi) is 6.63. The summed E-state index contributed by atoms with van der Waals surface area (Å²) < 4.78 is 37.0. The highest BCUT2D eigenvalue weighted by Gasteiger charge is 2.12. The molecule has 0 spiro atoms. The van der Waals surface area contributed by atoms with Crippen LogP contribution in [0.5, 0.6) is 11.5 Å². The highest BCUT2D eigenvalue weighted by Crippen LogP contribution is 2.33. The maximum Gasteiger partial charge on any atom is 0.229 e. The molecule has 0 bridgehead atoms. The topological polar surface area (TPSA) is 114 Å². The average Bonchev–Trinajstić information content (AvgIpc) is 2.70. The second-order valence-corrected chi connectivity index (χ2v) is 8.73. The van der Waals surface area contributed by atoms with Gasteiger partial charge in [0.1, 0.15) is 17.3 Å². The summed E-state index contributed by atoms with van der Waals surface area (Å²) in [5.41, 5.74) is 1.56. The number of benzene rings is 2. The van der Waals surface area contributed by atoms with Crippen molar-refractivity contribution < 1.29 is 17.9 Å². The SMILES string of the molecule is COc1ccc(OC)c(Nc2ncc(Br)c(Nc3ccccc3NS(C)(=O)=O)n2)c1. The second kappa shape index (κ2) is 9.18. The number of aromatic nitrogens is 2. The standard InChI is InChI=1S/C19H20BrN5O4S/c1-28-12-8-9-17(29-2)16(10-12)23-19-21-11-13(20)18(24-19)22-14-6-4-5-7-15(14)25-30(3,26)27/h4-11,25H,1-3H3,(H2,21,22,23,24). The monoisotopic (exact) mass is 493 g/mol. The van der Waals surface area contributed by atoms with Gasteiger partial charge in [-0.1, -0.05) is 12.1 Å². The molecule has 0 atom stereocenters. The molecule has 9 nitrogen and oxygen atoms in total. The van der Waals surface area contributed by atoms with E-state index in [0.29, 0.717) is 44.8 Å². The van der Waals surface area contributed by atoms with Gasteiger partial charge in [-0.3, -0.25) is 4.72 Å². The molecule has 0 unspecified atom stereocenters. The van der Waals surface area contributed by atoms with E-state index >= 15 is 0 Å². The maximum atomic E-state index is 11.6. The lowest BCUT2D eigenvalue weighted by Gasteiger charge is -2.15. The predicted molar refractivity (Wildman–Crippen MR) is 121 cm³/mol. The van der Waals surface area contributed by atoms with Gasteiger partial charge in [0.15, 0.2) is 0 Å². The van der Waals surface area contributed by atoms with Crippen LogP contribution in [0.15, 0.2) is 53.1 Å². The van der Waals surface area contributed by atoms with Crippen LogP contribution in [0.2, 0.25) is 0 Å². The molecule has 1 aromatic heterocycles. The van der Waals surface area contributed by atoms with E-state index in [2.05, 4.69) is 41.3 Å². The van der Waals surface area contributed by atoms with Crippen LogP contribution >= 0.6 is 15.9 Å². The molecule has 0 radical (unpaired) electrons. The van der Waals surface area contributed by atoms with Crippen molar-refractivity contribution in [3.8, 4) is 11.5 Å². The smallest absolute Gasteiger partial charge is 0.229 e. The zero-order chi connectivity index (χ0) is 21.7.